The molecule has 1 aromatic carbocycles. The van der Waals surface area contributed by atoms with Crippen LogP contribution < -0.4 is 10.0 Å². The van der Waals surface area contributed by atoms with Gasteiger partial charge in [-0.3, -0.25) is 9.59 Å². The van der Waals surface area contributed by atoms with Crippen LogP contribution in [-0.2, 0) is 24.3 Å². The molecule has 0 atom stereocenters. The van der Waals surface area contributed by atoms with E-state index in [1.54, 1.807) is 0 Å². The van der Waals surface area contributed by atoms with Gasteiger partial charge in [-0.2, -0.15) is 0 Å². The molecule has 26 heavy (non-hydrogen) atoms. The second-order valence-electron chi connectivity index (χ2n) is 5.93. The first-order valence-electron chi connectivity index (χ1n) is 8.17. The van der Waals surface area contributed by atoms with Crippen molar-refractivity contribution < 1.29 is 27.1 Å². The smallest absolute Gasteiger partial charge is 0.307 e. The molecule has 0 aromatic heterocycles. The number of hydrogen-bond donors (Lipinski definition) is 2. The maximum Gasteiger partial charge on any atom is 0.307 e. The van der Waals surface area contributed by atoms with Crippen LogP contribution in [0.1, 0.15) is 32.1 Å². The fourth-order valence-electron chi connectivity index (χ4n) is 2.57. The molecular formula is C16H20ClFN2O5S. The van der Waals surface area contributed by atoms with Gasteiger partial charge in [-0.25, -0.2) is 17.5 Å². The molecule has 1 aliphatic carbocycles. The van der Waals surface area contributed by atoms with Gasteiger partial charge in [-0.1, -0.05) is 24.4 Å². The number of esters is 1. The molecule has 0 aliphatic heterocycles. The van der Waals surface area contributed by atoms with E-state index in [2.05, 4.69) is 10.0 Å². The van der Waals surface area contributed by atoms with Gasteiger partial charge in [0.05, 0.1) is 16.3 Å². The second kappa shape index (κ2) is 9.29. The van der Waals surface area contributed by atoms with Gasteiger partial charge < -0.3 is 10.1 Å². The van der Waals surface area contributed by atoms with Gasteiger partial charge >= 0.3 is 5.97 Å². The van der Waals surface area contributed by atoms with Crippen molar-refractivity contribution in [3.05, 3.63) is 29.0 Å². The zero-order valence-electron chi connectivity index (χ0n) is 14.0. The van der Waals surface area contributed by atoms with E-state index in [9.17, 15) is 22.4 Å². The Labute approximate surface area is 156 Å². The molecule has 1 aromatic rings. The summed E-state index contributed by atoms with van der Waals surface area (Å²) in [6.07, 6.45) is 3.75. The Morgan fingerprint density at radius 3 is 2.62 bits per heavy atom. The molecule has 0 unspecified atom stereocenters. The summed E-state index contributed by atoms with van der Waals surface area (Å²) in [5.41, 5.74) is 0. The predicted molar refractivity (Wildman–Crippen MR) is 92.6 cm³/mol. The van der Waals surface area contributed by atoms with Gasteiger partial charge in [0.15, 0.2) is 6.61 Å². The number of carbonyl (C=O) groups is 2. The van der Waals surface area contributed by atoms with Crippen LogP contribution in [0.2, 0.25) is 5.02 Å². The molecule has 0 saturated heterocycles. The molecule has 1 fully saturated rings. The third-order valence-electron chi connectivity index (χ3n) is 3.91. The van der Waals surface area contributed by atoms with Gasteiger partial charge in [0, 0.05) is 12.6 Å². The molecule has 7 nitrogen and oxygen atoms in total. The largest absolute Gasteiger partial charge is 0.456 e. The molecule has 2 rings (SSSR count). The Kier molecular flexibility index (Phi) is 7.36. The highest BCUT2D eigenvalue weighted by molar-refractivity contribution is 7.89. The van der Waals surface area contributed by atoms with Crippen molar-refractivity contribution in [3.63, 3.8) is 0 Å². The highest BCUT2D eigenvalue weighted by Crippen LogP contribution is 2.19. The van der Waals surface area contributed by atoms with E-state index >= 15 is 0 Å². The quantitative estimate of drug-likeness (QED) is 0.640. The Bertz CT molecular complexity index is 766. The summed E-state index contributed by atoms with van der Waals surface area (Å²) in [6, 6.07) is 3.12. The van der Waals surface area contributed by atoms with Crippen LogP contribution in [0.4, 0.5) is 4.39 Å². The molecule has 0 spiro atoms. The third-order valence-corrected chi connectivity index (χ3v) is 5.66. The summed E-state index contributed by atoms with van der Waals surface area (Å²) in [4.78, 5) is 23.0. The zero-order valence-corrected chi connectivity index (χ0v) is 15.5. The van der Waals surface area contributed by atoms with Gasteiger partial charge in [-0.15, -0.1) is 0 Å². The highest BCUT2D eigenvalue weighted by Gasteiger charge is 2.19. The zero-order chi connectivity index (χ0) is 19.2. The molecular weight excluding hydrogens is 387 g/mol. The van der Waals surface area contributed by atoms with E-state index in [4.69, 9.17) is 16.3 Å². The fourth-order valence-corrected chi connectivity index (χ4v) is 3.88. The van der Waals surface area contributed by atoms with Crippen molar-refractivity contribution in [3.8, 4) is 0 Å². The summed E-state index contributed by atoms with van der Waals surface area (Å²) in [5, 5.41) is 2.46. The molecule has 144 valence electrons. The monoisotopic (exact) mass is 406 g/mol. The summed E-state index contributed by atoms with van der Waals surface area (Å²) < 4.78 is 44.1. The minimum absolute atomic E-state index is 0.135. The highest BCUT2D eigenvalue weighted by atomic mass is 35.5. The lowest BCUT2D eigenvalue weighted by Gasteiger charge is -2.12. The van der Waals surface area contributed by atoms with E-state index < -0.39 is 28.4 Å². The number of nitrogens with one attached hydrogen (secondary N) is 2. The van der Waals surface area contributed by atoms with Crippen molar-refractivity contribution in [2.24, 2.45) is 0 Å². The van der Waals surface area contributed by atoms with Crippen molar-refractivity contribution >= 4 is 33.5 Å². The van der Waals surface area contributed by atoms with Gasteiger partial charge in [0.25, 0.3) is 5.91 Å². The van der Waals surface area contributed by atoms with Crippen LogP contribution in [0.15, 0.2) is 23.1 Å². The number of halogens is 2. The number of hydrogen-bond acceptors (Lipinski definition) is 5. The van der Waals surface area contributed by atoms with E-state index in [0.717, 1.165) is 43.9 Å². The van der Waals surface area contributed by atoms with Crippen LogP contribution in [0.25, 0.3) is 0 Å². The second-order valence-corrected chi connectivity index (χ2v) is 8.11. The number of benzene rings is 1. The molecule has 0 bridgehead atoms. The van der Waals surface area contributed by atoms with Gasteiger partial charge in [0.1, 0.15) is 5.82 Å². The Morgan fingerprint density at radius 2 is 1.96 bits per heavy atom. The van der Waals surface area contributed by atoms with Crippen LogP contribution in [0.5, 0.6) is 0 Å². The maximum atomic E-state index is 13.1. The van der Waals surface area contributed by atoms with Crippen LogP contribution in [0.3, 0.4) is 0 Å². The normalized spacial score (nSPS) is 15.0. The number of sulfonamides is 1. The first kappa shape index (κ1) is 20.6. The maximum absolute atomic E-state index is 13.1. The number of amides is 1. The average Bonchev–Trinajstić information content (AvgIpc) is 3.08. The Morgan fingerprint density at radius 1 is 1.27 bits per heavy atom. The fraction of sp³-hybridized carbons (Fsp3) is 0.500. The van der Waals surface area contributed by atoms with Gasteiger partial charge in [-0.05, 0) is 31.0 Å². The van der Waals surface area contributed by atoms with Crippen molar-refractivity contribution in [1.82, 2.24) is 10.0 Å². The molecule has 2 N–H and O–H groups in total. The number of rotatable bonds is 8. The molecule has 10 heteroatoms. The van der Waals surface area contributed by atoms with Crippen LogP contribution in [0, 0.1) is 5.82 Å². The minimum atomic E-state index is -3.93. The van der Waals surface area contributed by atoms with Crippen LogP contribution >= 0.6 is 11.6 Å². The van der Waals surface area contributed by atoms with Crippen molar-refractivity contribution in [2.45, 2.75) is 43.0 Å². The molecule has 1 saturated carbocycles. The van der Waals surface area contributed by atoms with E-state index in [-0.39, 0.29) is 34.8 Å². The topological polar surface area (TPSA) is 102 Å². The minimum Gasteiger partial charge on any atom is -0.456 e. The standard InChI is InChI=1S/C16H20ClFN2O5S/c17-13-9-12(5-6-14(13)18)26(23,24)19-8-7-16(22)25-10-15(21)20-11-3-1-2-4-11/h5-6,9,11,19H,1-4,7-8,10H2,(H,20,21). The summed E-state index contributed by atoms with van der Waals surface area (Å²) in [6.45, 7) is -0.615. The Hall–Kier alpha value is -1.71. The number of ether oxygens (including phenoxy) is 1. The molecule has 1 aliphatic rings. The first-order chi connectivity index (χ1) is 12.3. The molecule has 0 heterocycles. The lowest BCUT2D eigenvalue weighted by molar-refractivity contribution is -0.148. The van der Waals surface area contributed by atoms with Crippen molar-refractivity contribution in [1.29, 1.82) is 0 Å². The first-order valence-corrected chi connectivity index (χ1v) is 10.0. The van der Waals surface area contributed by atoms with E-state index in [1.165, 1.54) is 0 Å². The van der Waals surface area contributed by atoms with E-state index in [0.29, 0.717) is 0 Å². The van der Waals surface area contributed by atoms with E-state index in [1.807, 2.05) is 0 Å². The van der Waals surface area contributed by atoms with Crippen LogP contribution in [-0.4, -0.2) is 39.5 Å². The predicted octanol–water partition coefficient (Wildman–Crippen LogP) is 1.75. The lowest BCUT2D eigenvalue weighted by Crippen LogP contribution is -2.36. The average molecular weight is 407 g/mol. The van der Waals surface area contributed by atoms with Crippen molar-refractivity contribution in [2.75, 3.05) is 13.2 Å². The Balaban J connectivity index is 1.71. The third kappa shape index (κ3) is 6.22. The lowest BCUT2D eigenvalue weighted by atomic mass is 10.2. The van der Waals surface area contributed by atoms with Gasteiger partial charge in [0.2, 0.25) is 10.0 Å². The summed E-state index contributed by atoms with van der Waals surface area (Å²) >= 11 is 5.56. The SMILES string of the molecule is O=C(COC(=O)CCNS(=O)(=O)c1ccc(F)c(Cl)c1)NC1CCCC1. The summed E-state index contributed by atoms with van der Waals surface area (Å²) in [5.74, 6) is -1.80. The number of carbonyl (C=O) groups excluding carboxylic acids is 2. The summed E-state index contributed by atoms with van der Waals surface area (Å²) in [7, 11) is -3.93. The molecule has 0 radical (unpaired) electrons. The molecule has 1 amide bonds.